The highest BCUT2D eigenvalue weighted by atomic mass is 16.5. The number of benzene rings is 1. The molecule has 1 aliphatic carbocycles. The Morgan fingerprint density at radius 1 is 1.21 bits per heavy atom. The average molecular weight is 261 g/mol. The summed E-state index contributed by atoms with van der Waals surface area (Å²) in [6.07, 6.45) is 5.22. The lowest BCUT2D eigenvalue weighted by Gasteiger charge is -2.20. The Labute approximate surface area is 117 Å². The molecule has 0 aliphatic heterocycles. The van der Waals surface area contributed by atoms with Crippen molar-refractivity contribution in [2.75, 3.05) is 13.2 Å². The molecule has 106 valence electrons. The van der Waals surface area contributed by atoms with Gasteiger partial charge >= 0.3 is 0 Å². The monoisotopic (exact) mass is 261 g/mol. The SMILES string of the molecule is CCNC(COC(C)C)Cc1ccc2c(c1)CCC2. The van der Waals surface area contributed by atoms with Crippen LogP contribution >= 0.6 is 0 Å². The van der Waals surface area contributed by atoms with Crippen LogP contribution in [0.1, 0.15) is 43.9 Å². The molecule has 0 aromatic heterocycles. The maximum absolute atomic E-state index is 5.76. The highest BCUT2D eigenvalue weighted by Gasteiger charge is 2.14. The van der Waals surface area contributed by atoms with E-state index in [1.165, 1.54) is 24.8 Å². The first-order chi connectivity index (χ1) is 9.19. The summed E-state index contributed by atoms with van der Waals surface area (Å²) in [6, 6.07) is 7.45. The number of hydrogen-bond acceptors (Lipinski definition) is 2. The molecule has 0 spiro atoms. The summed E-state index contributed by atoms with van der Waals surface area (Å²) in [4.78, 5) is 0. The highest BCUT2D eigenvalue weighted by Crippen LogP contribution is 2.23. The van der Waals surface area contributed by atoms with E-state index in [4.69, 9.17) is 4.74 Å². The molecule has 1 unspecified atom stereocenters. The van der Waals surface area contributed by atoms with Crippen molar-refractivity contribution in [2.24, 2.45) is 0 Å². The highest BCUT2D eigenvalue weighted by molar-refractivity contribution is 5.35. The molecular weight excluding hydrogens is 234 g/mol. The Hall–Kier alpha value is -0.860. The fourth-order valence-corrected chi connectivity index (χ4v) is 2.82. The van der Waals surface area contributed by atoms with Crippen LogP contribution in [0.25, 0.3) is 0 Å². The van der Waals surface area contributed by atoms with E-state index in [0.29, 0.717) is 12.1 Å². The molecule has 1 aromatic rings. The van der Waals surface area contributed by atoms with Gasteiger partial charge in [0.2, 0.25) is 0 Å². The summed E-state index contributed by atoms with van der Waals surface area (Å²) in [5.74, 6) is 0. The van der Waals surface area contributed by atoms with Crippen molar-refractivity contribution in [1.82, 2.24) is 5.32 Å². The summed E-state index contributed by atoms with van der Waals surface area (Å²) >= 11 is 0. The first kappa shape index (κ1) is 14.5. The zero-order valence-corrected chi connectivity index (χ0v) is 12.5. The van der Waals surface area contributed by atoms with Gasteiger partial charge in [-0.3, -0.25) is 0 Å². The number of fused-ring (bicyclic) bond motifs is 1. The third-order valence-corrected chi connectivity index (χ3v) is 3.77. The molecular formula is C17H27NO. The molecule has 1 aliphatic rings. The number of hydrogen-bond donors (Lipinski definition) is 1. The number of nitrogens with one attached hydrogen (secondary N) is 1. The van der Waals surface area contributed by atoms with Crippen LogP contribution in [0.4, 0.5) is 0 Å². The number of likely N-dealkylation sites (N-methyl/N-ethyl adjacent to an activating group) is 1. The minimum Gasteiger partial charge on any atom is -0.377 e. The van der Waals surface area contributed by atoms with Crippen LogP contribution in [0.15, 0.2) is 18.2 Å². The standard InChI is InChI=1S/C17H27NO/c1-4-18-17(12-19-13(2)3)11-14-8-9-15-6-5-7-16(15)10-14/h8-10,13,17-18H,4-7,11-12H2,1-3H3. The van der Waals surface area contributed by atoms with Crippen molar-refractivity contribution >= 4 is 0 Å². The Morgan fingerprint density at radius 2 is 2.00 bits per heavy atom. The van der Waals surface area contributed by atoms with Crippen molar-refractivity contribution in [3.05, 3.63) is 34.9 Å². The minimum atomic E-state index is 0.307. The zero-order chi connectivity index (χ0) is 13.7. The molecule has 0 bridgehead atoms. The second kappa shape index (κ2) is 7.06. The largest absolute Gasteiger partial charge is 0.377 e. The van der Waals surface area contributed by atoms with Gasteiger partial charge in [-0.1, -0.05) is 25.1 Å². The van der Waals surface area contributed by atoms with E-state index in [1.54, 1.807) is 11.1 Å². The Balaban J connectivity index is 1.96. The van der Waals surface area contributed by atoms with Crippen molar-refractivity contribution in [1.29, 1.82) is 0 Å². The molecule has 0 amide bonds. The fourth-order valence-electron chi connectivity index (χ4n) is 2.82. The Kier molecular flexibility index (Phi) is 5.41. The molecule has 2 nitrogen and oxygen atoms in total. The summed E-state index contributed by atoms with van der Waals surface area (Å²) < 4.78 is 5.76. The third-order valence-electron chi connectivity index (χ3n) is 3.77. The van der Waals surface area contributed by atoms with Gasteiger partial charge in [-0.05, 0) is 62.8 Å². The normalized spacial score (nSPS) is 15.8. The molecule has 1 N–H and O–H groups in total. The van der Waals surface area contributed by atoms with E-state index in [2.05, 4.69) is 44.3 Å². The number of ether oxygens (including phenoxy) is 1. The second-order valence-corrected chi connectivity index (χ2v) is 5.80. The Morgan fingerprint density at radius 3 is 2.74 bits per heavy atom. The lowest BCUT2D eigenvalue weighted by Crippen LogP contribution is -2.36. The van der Waals surface area contributed by atoms with Crippen molar-refractivity contribution in [3.63, 3.8) is 0 Å². The van der Waals surface area contributed by atoms with E-state index in [1.807, 2.05) is 0 Å². The average Bonchev–Trinajstić information content (AvgIpc) is 2.83. The quantitative estimate of drug-likeness (QED) is 0.814. The smallest absolute Gasteiger partial charge is 0.0626 e. The van der Waals surface area contributed by atoms with E-state index in [9.17, 15) is 0 Å². The molecule has 1 aromatic carbocycles. The van der Waals surface area contributed by atoms with Crippen LogP contribution in [-0.4, -0.2) is 25.3 Å². The fraction of sp³-hybridized carbons (Fsp3) is 0.647. The van der Waals surface area contributed by atoms with E-state index < -0.39 is 0 Å². The number of rotatable bonds is 7. The van der Waals surface area contributed by atoms with Crippen LogP contribution in [0.2, 0.25) is 0 Å². The second-order valence-electron chi connectivity index (χ2n) is 5.80. The molecule has 0 saturated heterocycles. The minimum absolute atomic E-state index is 0.307. The maximum Gasteiger partial charge on any atom is 0.0626 e. The van der Waals surface area contributed by atoms with Gasteiger partial charge in [0.05, 0.1) is 12.7 Å². The van der Waals surface area contributed by atoms with Crippen LogP contribution in [-0.2, 0) is 24.0 Å². The molecule has 2 heteroatoms. The molecule has 0 fully saturated rings. The van der Waals surface area contributed by atoms with Crippen molar-refractivity contribution in [3.8, 4) is 0 Å². The predicted molar refractivity (Wildman–Crippen MR) is 80.7 cm³/mol. The van der Waals surface area contributed by atoms with Gasteiger partial charge in [0.15, 0.2) is 0 Å². The molecule has 0 radical (unpaired) electrons. The zero-order valence-electron chi connectivity index (χ0n) is 12.5. The van der Waals surface area contributed by atoms with Gasteiger partial charge in [-0.25, -0.2) is 0 Å². The van der Waals surface area contributed by atoms with Gasteiger partial charge in [-0.2, -0.15) is 0 Å². The predicted octanol–water partition coefficient (Wildman–Crippen LogP) is 3.12. The lowest BCUT2D eigenvalue weighted by molar-refractivity contribution is 0.0616. The summed E-state index contributed by atoms with van der Waals surface area (Å²) in [7, 11) is 0. The lowest BCUT2D eigenvalue weighted by atomic mass is 10.0. The van der Waals surface area contributed by atoms with E-state index >= 15 is 0 Å². The first-order valence-electron chi connectivity index (χ1n) is 7.64. The maximum atomic E-state index is 5.76. The van der Waals surface area contributed by atoms with Gasteiger partial charge in [0.25, 0.3) is 0 Å². The van der Waals surface area contributed by atoms with Crippen molar-refractivity contribution < 1.29 is 4.74 Å². The van der Waals surface area contributed by atoms with E-state index in [-0.39, 0.29) is 0 Å². The first-order valence-corrected chi connectivity index (χ1v) is 7.64. The van der Waals surface area contributed by atoms with Crippen LogP contribution < -0.4 is 5.32 Å². The topological polar surface area (TPSA) is 21.3 Å². The van der Waals surface area contributed by atoms with Gasteiger partial charge < -0.3 is 10.1 Å². The van der Waals surface area contributed by atoms with Gasteiger partial charge in [-0.15, -0.1) is 0 Å². The molecule has 0 heterocycles. The van der Waals surface area contributed by atoms with Crippen LogP contribution in [0.3, 0.4) is 0 Å². The van der Waals surface area contributed by atoms with Crippen LogP contribution in [0.5, 0.6) is 0 Å². The number of aryl methyl sites for hydroxylation is 2. The third kappa shape index (κ3) is 4.32. The summed E-state index contributed by atoms with van der Waals surface area (Å²) in [6.45, 7) is 8.14. The Bertz CT molecular complexity index is 400. The molecule has 2 rings (SSSR count). The van der Waals surface area contributed by atoms with Crippen molar-refractivity contribution in [2.45, 2.75) is 58.6 Å². The summed E-state index contributed by atoms with van der Waals surface area (Å²) in [5, 5.41) is 3.53. The van der Waals surface area contributed by atoms with Gasteiger partial charge in [0.1, 0.15) is 0 Å². The summed E-state index contributed by atoms with van der Waals surface area (Å²) in [5.41, 5.74) is 4.57. The van der Waals surface area contributed by atoms with Gasteiger partial charge in [0, 0.05) is 6.04 Å². The molecule has 0 saturated carbocycles. The van der Waals surface area contributed by atoms with E-state index in [0.717, 1.165) is 19.6 Å². The molecule has 1 atom stereocenters. The molecule has 19 heavy (non-hydrogen) atoms. The van der Waals surface area contributed by atoms with Crippen LogP contribution in [0, 0.1) is 0 Å².